The van der Waals surface area contributed by atoms with Crippen LogP contribution in [-0.4, -0.2) is 4.57 Å². The number of aryl methyl sites for hydroxylation is 1. The third-order valence-electron chi connectivity index (χ3n) is 5.82. The van der Waals surface area contributed by atoms with Gasteiger partial charge < -0.3 is 4.57 Å². The predicted molar refractivity (Wildman–Crippen MR) is 129 cm³/mol. The van der Waals surface area contributed by atoms with Crippen LogP contribution in [0.15, 0.2) is 47.4 Å². The maximum absolute atomic E-state index is 3.93. The third kappa shape index (κ3) is 5.29. The van der Waals surface area contributed by atoms with Crippen LogP contribution in [0.2, 0.25) is 0 Å². The smallest absolute Gasteiger partial charge is 0.0492 e. The van der Waals surface area contributed by atoms with E-state index in [0.717, 1.165) is 11.0 Å². The van der Waals surface area contributed by atoms with Gasteiger partial charge in [0.2, 0.25) is 0 Å². The summed E-state index contributed by atoms with van der Waals surface area (Å²) in [4.78, 5) is 0. The molecule has 0 saturated carbocycles. The maximum Gasteiger partial charge on any atom is 0.0492 e. The molecule has 0 aliphatic heterocycles. The number of hydrogen-bond donors (Lipinski definition) is 0. The summed E-state index contributed by atoms with van der Waals surface area (Å²) in [5.41, 5.74) is 3.87. The molecule has 0 amide bonds. The molecule has 1 nitrogen and oxygen atoms in total. The predicted octanol–water partition coefficient (Wildman–Crippen LogP) is 9.12. The Labute approximate surface area is 179 Å². The van der Waals surface area contributed by atoms with Crippen LogP contribution in [0.1, 0.15) is 76.7 Å². The molecule has 0 fully saturated rings. The fourth-order valence-electron chi connectivity index (χ4n) is 4.22. The lowest BCUT2D eigenvalue weighted by Gasteiger charge is -2.08. The number of aromatic nitrogens is 1. The van der Waals surface area contributed by atoms with Crippen molar-refractivity contribution in [3.8, 4) is 0 Å². The summed E-state index contributed by atoms with van der Waals surface area (Å²) in [6.45, 7) is 7.32. The second-order valence-corrected chi connectivity index (χ2v) is 8.89. The summed E-state index contributed by atoms with van der Waals surface area (Å²) in [5.74, 6) is 0. The number of benzene rings is 2. The minimum absolute atomic E-state index is 1.10. The molecule has 0 spiro atoms. The number of unbranched alkanes of at least 4 members (excludes halogenated alkanes) is 9. The number of fused-ring (bicyclic) bond motifs is 3. The molecule has 28 heavy (non-hydrogen) atoms. The zero-order valence-corrected chi connectivity index (χ0v) is 18.9. The first-order valence-electron chi connectivity index (χ1n) is 11.1. The average Bonchev–Trinajstić information content (AvgIpc) is 3.01. The lowest BCUT2D eigenvalue weighted by Crippen LogP contribution is -1.97. The second-order valence-electron chi connectivity index (χ2n) is 7.98. The van der Waals surface area contributed by atoms with Crippen molar-refractivity contribution < 1.29 is 0 Å². The highest BCUT2D eigenvalue weighted by Gasteiger charge is 2.11. The Morgan fingerprint density at radius 3 is 2.00 bits per heavy atom. The molecule has 0 bridgehead atoms. The van der Waals surface area contributed by atoms with Crippen LogP contribution in [0.5, 0.6) is 0 Å². The van der Waals surface area contributed by atoms with E-state index in [-0.39, 0.29) is 0 Å². The molecule has 0 saturated heterocycles. The molecule has 0 aliphatic rings. The summed E-state index contributed by atoms with van der Waals surface area (Å²) < 4.78 is 3.65. The van der Waals surface area contributed by atoms with Gasteiger partial charge in [0, 0.05) is 32.8 Å². The number of halogens is 1. The molecule has 0 aliphatic carbocycles. The fraction of sp³-hybridized carbons (Fsp3) is 0.462. The largest absolute Gasteiger partial charge is 0.340 e. The van der Waals surface area contributed by atoms with Gasteiger partial charge >= 0.3 is 0 Å². The van der Waals surface area contributed by atoms with E-state index in [1.165, 1.54) is 91.6 Å². The van der Waals surface area contributed by atoms with Crippen molar-refractivity contribution in [3.05, 3.63) is 53.0 Å². The van der Waals surface area contributed by atoms with E-state index in [4.69, 9.17) is 0 Å². The van der Waals surface area contributed by atoms with Gasteiger partial charge in [-0.05, 0) is 42.3 Å². The van der Waals surface area contributed by atoms with E-state index >= 15 is 0 Å². The third-order valence-corrected chi connectivity index (χ3v) is 6.32. The van der Waals surface area contributed by atoms with Crippen molar-refractivity contribution in [2.45, 2.75) is 77.7 Å². The van der Waals surface area contributed by atoms with Crippen LogP contribution >= 0.6 is 15.9 Å². The van der Waals surface area contributed by atoms with E-state index in [9.17, 15) is 0 Å². The van der Waals surface area contributed by atoms with Gasteiger partial charge in [0.25, 0.3) is 0 Å². The molecule has 2 heteroatoms. The van der Waals surface area contributed by atoms with Gasteiger partial charge in [0.1, 0.15) is 0 Å². The van der Waals surface area contributed by atoms with E-state index < -0.39 is 0 Å². The van der Waals surface area contributed by atoms with Gasteiger partial charge in [-0.25, -0.2) is 0 Å². The van der Waals surface area contributed by atoms with Crippen molar-refractivity contribution in [1.29, 1.82) is 0 Å². The van der Waals surface area contributed by atoms with Crippen LogP contribution in [0.25, 0.3) is 27.9 Å². The first-order valence-corrected chi connectivity index (χ1v) is 11.9. The molecule has 3 rings (SSSR count). The van der Waals surface area contributed by atoms with Crippen LogP contribution in [-0.2, 0) is 6.54 Å². The Balaban J connectivity index is 1.59. The van der Waals surface area contributed by atoms with Crippen molar-refractivity contribution in [2.75, 3.05) is 0 Å². The summed E-state index contributed by atoms with van der Waals surface area (Å²) in [6.07, 6.45) is 15.7. The second kappa shape index (κ2) is 10.9. The highest BCUT2D eigenvalue weighted by Crippen LogP contribution is 2.32. The summed E-state index contributed by atoms with van der Waals surface area (Å²) in [5, 5.41) is 2.67. The lowest BCUT2D eigenvalue weighted by atomic mass is 10.1. The van der Waals surface area contributed by atoms with Gasteiger partial charge in [-0.3, -0.25) is 0 Å². The molecule has 0 N–H and O–H groups in total. The fourth-order valence-corrected chi connectivity index (χ4v) is 4.58. The molecule has 0 atom stereocenters. The van der Waals surface area contributed by atoms with Crippen molar-refractivity contribution in [2.24, 2.45) is 0 Å². The average molecular weight is 440 g/mol. The Morgan fingerprint density at radius 2 is 1.36 bits per heavy atom. The van der Waals surface area contributed by atoms with Crippen LogP contribution in [0.4, 0.5) is 0 Å². The quantitative estimate of drug-likeness (QED) is 0.248. The molecule has 2 aromatic carbocycles. The van der Waals surface area contributed by atoms with Gasteiger partial charge in [-0.15, -0.1) is 0 Å². The normalized spacial score (nSPS) is 11.5. The number of nitrogens with zero attached hydrogens (tertiary/aromatic N) is 1. The minimum Gasteiger partial charge on any atom is -0.340 e. The zero-order valence-electron chi connectivity index (χ0n) is 17.4. The minimum atomic E-state index is 1.10. The Hall–Kier alpha value is -1.54. The SMILES string of the molecule is C=Cc1ccc2c(c1)c1cc(Br)ccc1n2CCCCCCCCCCCC. The van der Waals surface area contributed by atoms with Gasteiger partial charge in [-0.1, -0.05) is 99.4 Å². The zero-order chi connectivity index (χ0) is 19.8. The highest BCUT2D eigenvalue weighted by molar-refractivity contribution is 9.10. The lowest BCUT2D eigenvalue weighted by molar-refractivity contribution is 0.541. The van der Waals surface area contributed by atoms with Crippen molar-refractivity contribution in [3.63, 3.8) is 0 Å². The topological polar surface area (TPSA) is 4.93 Å². The molecule has 0 unspecified atom stereocenters. The molecule has 1 aromatic heterocycles. The molecule has 3 aromatic rings. The molecule has 1 heterocycles. The maximum atomic E-state index is 3.93. The molecule has 150 valence electrons. The molecular formula is C26H34BrN. The summed E-state index contributed by atoms with van der Waals surface area (Å²) in [7, 11) is 0. The molecule has 0 radical (unpaired) electrons. The van der Waals surface area contributed by atoms with Crippen molar-refractivity contribution in [1.82, 2.24) is 4.57 Å². The van der Waals surface area contributed by atoms with Crippen LogP contribution in [0, 0.1) is 0 Å². The summed E-state index contributed by atoms with van der Waals surface area (Å²) >= 11 is 3.64. The van der Waals surface area contributed by atoms with Crippen LogP contribution in [0.3, 0.4) is 0 Å². The van der Waals surface area contributed by atoms with Crippen LogP contribution < -0.4 is 0 Å². The number of rotatable bonds is 12. The first-order chi connectivity index (χ1) is 13.7. The first kappa shape index (κ1) is 21.2. The highest BCUT2D eigenvalue weighted by atomic mass is 79.9. The van der Waals surface area contributed by atoms with E-state index in [1.54, 1.807) is 0 Å². The molecular weight excluding hydrogens is 406 g/mol. The van der Waals surface area contributed by atoms with E-state index in [2.05, 4.69) is 70.4 Å². The standard InChI is InChI=1S/C26H34BrN/c1-3-5-6-7-8-9-10-11-12-13-18-28-25-16-14-21(4-2)19-23(25)24-20-22(27)15-17-26(24)28/h4,14-17,19-20H,2-3,5-13,18H2,1H3. The van der Waals surface area contributed by atoms with E-state index in [0.29, 0.717) is 0 Å². The Morgan fingerprint density at radius 1 is 0.786 bits per heavy atom. The Bertz CT molecular complexity index is 906. The monoisotopic (exact) mass is 439 g/mol. The number of hydrogen-bond acceptors (Lipinski definition) is 0. The van der Waals surface area contributed by atoms with Crippen molar-refractivity contribution >= 4 is 43.8 Å². The van der Waals surface area contributed by atoms with E-state index in [1.807, 2.05) is 6.08 Å². The Kier molecular flexibility index (Phi) is 8.21. The van der Waals surface area contributed by atoms with Gasteiger partial charge in [0.05, 0.1) is 0 Å². The summed E-state index contributed by atoms with van der Waals surface area (Å²) in [6, 6.07) is 13.4. The van der Waals surface area contributed by atoms with Gasteiger partial charge in [0.15, 0.2) is 0 Å². The van der Waals surface area contributed by atoms with Gasteiger partial charge in [-0.2, -0.15) is 0 Å².